The standard InChI is InChI=1S/C22H22FN3O5S/c1-30-12-11-26-32(28,29)20-4-2-3-17(14-20)22(27)25-15-16-9-10-24-21(13-16)31-19-7-5-18(23)6-8-19/h2-10,13-14,26H,11-12,15H2,1H3,(H,25,27). The number of hydrogen-bond donors (Lipinski definition) is 2. The van der Waals surface area contributed by atoms with E-state index in [0.29, 0.717) is 11.6 Å². The first kappa shape index (κ1) is 23.3. The highest BCUT2D eigenvalue weighted by Gasteiger charge is 2.16. The fourth-order valence-electron chi connectivity index (χ4n) is 2.69. The molecule has 3 aromatic rings. The zero-order chi connectivity index (χ0) is 23.0. The summed E-state index contributed by atoms with van der Waals surface area (Å²) in [7, 11) is -2.28. The van der Waals surface area contributed by atoms with Gasteiger partial charge in [0.05, 0.1) is 11.5 Å². The van der Waals surface area contributed by atoms with E-state index in [1.165, 1.54) is 61.8 Å². The third kappa shape index (κ3) is 6.58. The molecule has 0 aliphatic heterocycles. The van der Waals surface area contributed by atoms with Crippen molar-refractivity contribution in [3.8, 4) is 11.6 Å². The van der Waals surface area contributed by atoms with Crippen molar-refractivity contribution < 1.29 is 27.1 Å². The van der Waals surface area contributed by atoms with Crippen LogP contribution in [0.4, 0.5) is 4.39 Å². The first-order chi connectivity index (χ1) is 15.4. The van der Waals surface area contributed by atoms with Gasteiger partial charge < -0.3 is 14.8 Å². The number of benzene rings is 2. The SMILES string of the molecule is COCCNS(=O)(=O)c1cccc(C(=O)NCc2ccnc(Oc3ccc(F)cc3)c2)c1. The van der Waals surface area contributed by atoms with E-state index < -0.39 is 15.9 Å². The molecule has 0 aliphatic carbocycles. The summed E-state index contributed by atoms with van der Waals surface area (Å²) in [5.74, 6) is -0.0862. The zero-order valence-corrected chi connectivity index (χ0v) is 18.1. The number of pyridine rings is 1. The summed E-state index contributed by atoms with van der Waals surface area (Å²) in [6.07, 6.45) is 1.53. The Morgan fingerprint density at radius 2 is 1.88 bits per heavy atom. The van der Waals surface area contributed by atoms with E-state index in [9.17, 15) is 17.6 Å². The Morgan fingerprint density at radius 1 is 1.09 bits per heavy atom. The minimum absolute atomic E-state index is 0.0138. The van der Waals surface area contributed by atoms with E-state index in [4.69, 9.17) is 9.47 Å². The van der Waals surface area contributed by atoms with E-state index in [0.717, 1.165) is 5.56 Å². The Labute approximate surface area is 185 Å². The first-order valence-corrected chi connectivity index (χ1v) is 11.1. The largest absolute Gasteiger partial charge is 0.439 e. The monoisotopic (exact) mass is 459 g/mol. The van der Waals surface area contributed by atoms with Crippen LogP contribution in [-0.2, 0) is 21.3 Å². The summed E-state index contributed by atoms with van der Waals surface area (Å²) in [6, 6.07) is 14.6. The van der Waals surface area contributed by atoms with Gasteiger partial charge in [-0.05, 0) is 54.1 Å². The van der Waals surface area contributed by atoms with Gasteiger partial charge in [0.1, 0.15) is 11.6 Å². The molecule has 0 spiro atoms. The highest BCUT2D eigenvalue weighted by Crippen LogP contribution is 2.20. The Morgan fingerprint density at radius 3 is 2.62 bits per heavy atom. The van der Waals surface area contributed by atoms with Crippen LogP contribution in [0.2, 0.25) is 0 Å². The van der Waals surface area contributed by atoms with Gasteiger partial charge in [-0.1, -0.05) is 6.07 Å². The molecule has 2 aromatic carbocycles. The lowest BCUT2D eigenvalue weighted by molar-refractivity contribution is 0.0950. The number of nitrogens with zero attached hydrogens (tertiary/aromatic N) is 1. The van der Waals surface area contributed by atoms with Gasteiger partial charge in [0.15, 0.2) is 0 Å². The quantitative estimate of drug-likeness (QED) is 0.452. The third-order valence-corrected chi connectivity index (χ3v) is 5.75. The molecule has 1 heterocycles. The number of carbonyl (C=O) groups is 1. The average molecular weight is 459 g/mol. The van der Waals surface area contributed by atoms with Crippen molar-refractivity contribution in [2.45, 2.75) is 11.4 Å². The number of methoxy groups -OCH3 is 1. The number of sulfonamides is 1. The Hall–Kier alpha value is -3.34. The second-order valence-corrected chi connectivity index (χ2v) is 8.43. The lowest BCUT2D eigenvalue weighted by atomic mass is 10.2. The molecule has 0 atom stereocenters. The van der Waals surface area contributed by atoms with E-state index >= 15 is 0 Å². The predicted octanol–water partition coefficient (Wildman–Crippen LogP) is 2.87. The second-order valence-electron chi connectivity index (χ2n) is 6.66. The molecule has 0 radical (unpaired) electrons. The van der Waals surface area contributed by atoms with Crippen LogP contribution in [0.3, 0.4) is 0 Å². The number of ether oxygens (including phenoxy) is 2. The maximum absolute atomic E-state index is 13.0. The summed E-state index contributed by atoms with van der Waals surface area (Å²) >= 11 is 0. The fraction of sp³-hybridized carbons (Fsp3) is 0.182. The number of amides is 1. The molecule has 0 unspecified atom stereocenters. The molecule has 0 fully saturated rings. The van der Waals surface area contributed by atoms with Crippen molar-refractivity contribution in [3.63, 3.8) is 0 Å². The van der Waals surface area contributed by atoms with Crippen molar-refractivity contribution in [2.24, 2.45) is 0 Å². The fourth-order valence-corrected chi connectivity index (χ4v) is 3.75. The van der Waals surface area contributed by atoms with Gasteiger partial charge in [-0.25, -0.2) is 22.5 Å². The maximum Gasteiger partial charge on any atom is 0.251 e. The minimum Gasteiger partial charge on any atom is -0.439 e. The van der Waals surface area contributed by atoms with Gasteiger partial charge in [-0.15, -0.1) is 0 Å². The van der Waals surface area contributed by atoms with Gasteiger partial charge in [0.25, 0.3) is 5.91 Å². The van der Waals surface area contributed by atoms with Crippen molar-refractivity contribution in [2.75, 3.05) is 20.3 Å². The van der Waals surface area contributed by atoms with E-state index in [2.05, 4.69) is 15.0 Å². The highest BCUT2D eigenvalue weighted by molar-refractivity contribution is 7.89. The molecular weight excluding hydrogens is 437 g/mol. The van der Waals surface area contributed by atoms with Gasteiger partial charge in [0, 0.05) is 38.0 Å². The zero-order valence-electron chi connectivity index (χ0n) is 17.2. The molecule has 2 N–H and O–H groups in total. The van der Waals surface area contributed by atoms with Crippen molar-refractivity contribution in [1.82, 2.24) is 15.0 Å². The topological polar surface area (TPSA) is 107 Å². The van der Waals surface area contributed by atoms with Crippen LogP contribution in [0.25, 0.3) is 0 Å². The number of aromatic nitrogens is 1. The molecule has 1 amide bonds. The average Bonchev–Trinajstić information content (AvgIpc) is 2.79. The van der Waals surface area contributed by atoms with Crippen molar-refractivity contribution >= 4 is 15.9 Å². The highest BCUT2D eigenvalue weighted by atomic mass is 32.2. The normalized spacial score (nSPS) is 11.2. The van der Waals surface area contributed by atoms with E-state index in [-0.39, 0.29) is 36.0 Å². The Kier molecular flexibility index (Phi) is 7.87. The molecule has 10 heteroatoms. The lowest BCUT2D eigenvalue weighted by Gasteiger charge is -2.10. The number of carbonyl (C=O) groups excluding carboxylic acids is 1. The summed E-state index contributed by atoms with van der Waals surface area (Å²) in [5.41, 5.74) is 0.923. The molecule has 0 aliphatic rings. The van der Waals surface area contributed by atoms with Crippen LogP contribution < -0.4 is 14.8 Å². The van der Waals surface area contributed by atoms with E-state index in [1.807, 2.05) is 0 Å². The minimum atomic E-state index is -3.75. The van der Waals surface area contributed by atoms with Crippen molar-refractivity contribution in [1.29, 1.82) is 0 Å². The molecule has 8 nitrogen and oxygen atoms in total. The summed E-state index contributed by atoms with van der Waals surface area (Å²) in [5, 5.41) is 2.74. The molecule has 168 valence electrons. The number of hydrogen-bond acceptors (Lipinski definition) is 6. The Bertz CT molecular complexity index is 1170. The molecule has 0 bridgehead atoms. The summed E-state index contributed by atoms with van der Waals surface area (Å²) < 4.78 is 50.5. The molecule has 3 rings (SSSR count). The van der Waals surface area contributed by atoms with Gasteiger partial charge in [-0.3, -0.25) is 4.79 Å². The van der Waals surface area contributed by atoms with Crippen LogP contribution in [-0.4, -0.2) is 39.6 Å². The van der Waals surface area contributed by atoms with Crippen LogP contribution in [0.15, 0.2) is 71.8 Å². The van der Waals surface area contributed by atoms with Crippen LogP contribution in [0.1, 0.15) is 15.9 Å². The Balaban J connectivity index is 1.63. The smallest absolute Gasteiger partial charge is 0.251 e. The molecular formula is C22H22FN3O5S. The maximum atomic E-state index is 13.0. The number of rotatable bonds is 10. The lowest BCUT2D eigenvalue weighted by Crippen LogP contribution is -2.28. The van der Waals surface area contributed by atoms with Gasteiger partial charge in [0.2, 0.25) is 15.9 Å². The number of halogens is 1. The van der Waals surface area contributed by atoms with Gasteiger partial charge in [-0.2, -0.15) is 0 Å². The summed E-state index contributed by atoms with van der Waals surface area (Å²) in [4.78, 5) is 16.6. The predicted molar refractivity (Wildman–Crippen MR) is 115 cm³/mol. The second kappa shape index (κ2) is 10.8. The van der Waals surface area contributed by atoms with Gasteiger partial charge >= 0.3 is 0 Å². The van der Waals surface area contributed by atoms with E-state index in [1.54, 1.807) is 12.1 Å². The van der Waals surface area contributed by atoms with Crippen LogP contribution in [0, 0.1) is 5.82 Å². The van der Waals surface area contributed by atoms with Crippen LogP contribution in [0.5, 0.6) is 11.6 Å². The molecule has 0 saturated carbocycles. The van der Waals surface area contributed by atoms with Crippen molar-refractivity contribution in [3.05, 3.63) is 83.8 Å². The first-order valence-electron chi connectivity index (χ1n) is 9.62. The number of nitrogens with one attached hydrogen (secondary N) is 2. The molecule has 1 aromatic heterocycles. The molecule has 0 saturated heterocycles. The molecule has 32 heavy (non-hydrogen) atoms. The van der Waals surface area contributed by atoms with Crippen LogP contribution >= 0.6 is 0 Å². The third-order valence-electron chi connectivity index (χ3n) is 4.29. The summed E-state index contributed by atoms with van der Waals surface area (Å²) in [6.45, 7) is 0.530.